The van der Waals surface area contributed by atoms with Crippen LogP contribution in [0.4, 0.5) is 0 Å². The van der Waals surface area contributed by atoms with Crippen molar-refractivity contribution in [2.24, 2.45) is 16.8 Å². The first kappa shape index (κ1) is 41.3. The Morgan fingerprint density at radius 3 is 2.08 bits per heavy atom. The summed E-state index contributed by atoms with van der Waals surface area (Å²) < 4.78 is 5.48. The van der Waals surface area contributed by atoms with E-state index in [2.05, 4.69) is 59.3 Å². The third-order valence-electron chi connectivity index (χ3n) is 5.97. The van der Waals surface area contributed by atoms with E-state index in [9.17, 15) is 4.79 Å². The lowest BCUT2D eigenvalue weighted by Gasteiger charge is -2.13. The van der Waals surface area contributed by atoms with Crippen LogP contribution in [0.25, 0.3) is 0 Å². The number of hydrogen-bond donors (Lipinski definition) is 0. The number of unbranched alkanes of at least 4 members (excludes halogenated alkanes) is 1. The predicted octanol–water partition coefficient (Wildman–Crippen LogP) is 10.2. The number of benzene rings is 1. The second kappa shape index (κ2) is 30.4. The van der Waals surface area contributed by atoms with Crippen molar-refractivity contribution in [1.29, 1.82) is 0 Å². The van der Waals surface area contributed by atoms with Gasteiger partial charge in [-0.05, 0) is 83.2 Å². The highest BCUT2D eigenvalue weighted by atomic mass is 16.5. The first-order chi connectivity index (χ1) is 19.3. The number of allylic oxidation sites excluding steroid dienone is 5. The number of Topliss-reactive ketones (excluding diaryl/α,β-unsaturated/α-hetero) is 1. The van der Waals surface area contributed by atoms with Gasteiger partial charge in [-0.1, -0.05) is 78.0 Å². The molecular formula is C36H57NO3. The summed E-state index contributed by atoms with van der Waals surface area (Å²) in [6, 6.07) is 7.38. The minimum atomic E-state index is -0.266. The number of ketones is 1. The molecule has 0 bridgehead atoms. The average molecular weight is 552 g/mol. The smallest absolute Gasteiger partial charge is 0.171 e. The number of terminal acetylenes is 1. The summed E-state index contributed by atoms with van der Waals surface area (Å²) in [6.07, 6.45) is 26.0. The zero-order valence-electron chi connectivity index (χ0n) is 26.7. The molecule has 4 heteroatoms. The number of aldehydes is 1. The molecule has 224 valence electrons. The maximum Gasteiger partial charge on any atom is 0.171 e. The van der Waals surface area contributed by atoms with E-state index >= 15 is 0 Å². The van der Waals surface area contributed by atoms with Crippen LogP contribution < -0.4 is 4.74 Å². The summed E-state index contributed by atoms with van der Waals surface area (Å²) >= 11 is 0. The maximum absolute atomic E-state index is 13.0. The van der Waals surface area contributed by atoms with E-state index in [4.69, 9.17) is 14.5 Å². The van der Waals surface area contributed by atoms with Gasteiger partial charge in [0, 0.05) is 17.0 Å². The van der Waals surface area contributed by atoms with Gasteiger partial charge in [-0.2, -0.15) is 0 Å². The van der Waals surface area contributed by atoms with Gasteiger partial charge in [-0.3, -0.25) is 9.79 Å². The van der Waals surface area contributed by atoms with Gasteiger partial charge in [0.25, 0.3) is 0 Å². The van der Waals surface area contributed by atoms with E-state index in [1.807, 2.05) is 57.2 Å². The number of aliphatic imine (C=N–C) groups is 1. The number of hydrogen-bond acceptors (Lipinski definition) is 4. The zero-order valence-corrected chi connectivity index (χ0v) is 26.7. The lowest BCUT2D eigenvalue weighted by molar-refractivity contribution is -0.106. The first-order valence-electron chi connectivity index (χ1n) is 14.8. The molecule has 40 heavy (non-hydrogen) atoms. The fourth-order valence-corrected chi connectivity index (χ4v) is 3.61. The van der Waals surface area contributed by atoms with Gasteiger partial charge in [-0.25, -0.2) is 0 Å². The SMILES string of the molecule is C#C.C=CC/C=C\C=C(/CCCCC(CC)CC)N=C(C)C(C)C(=O)c1ccc(OCC)cc1.CC=O.CCC. The molecule has 0 radical (unpaired) electrons. The van der Waals surface area contributed by atoms with Crippen molar-refractivity contribution >= 4 is 17.8 Å². The molecule has 1 unspecified atom stereocenters. The molecule has 0 heterocycles. The fourth-order valence-electron chi connectivity index (χ4n) is 3.61. The molecule has 0 amide bonds. The van der Waals surface area contributed by atoms with E-state index < -0.39 is 0 Å². The maximum atomic E-state index is 13.0. The third-order valence-corrected chi connectivity index (χ3v) is 5.97. The van der Waals surface area contributed by atoms with Crippen LogP contribution in [0.2, 0.25) is 0 Å². The van der Waals surface area contributed by atoms with Gasteiger partial charge in [0.1, 0.15) is 12.0 Å². The molecule has 0 aliphatic carbocycles. The molecular weight excluding hydrogens is 494 g/mol. The minimum absolute atomic E-state index is 0.0876. The van der Waals surface area contributed by atoms with Crippen molar-refractivity contribution < 1.29 is 14.3 Å². The molecule has 1 aromatic carbocycles. The average Bonchev–Trinajstić information content (AvgIpc) is 2.97. The van der Waals surface area contributed by atoms with Gasteiger partial charge in [0.15, 0.2) is 5.78 Å². The van der Waals surface area contributed by atoms with Gasteiger partial charge < -0.3 is 9.53 Å². The van der Waals surface area contributed by atoms with Crippen molar-refractivity contribution in [2.75, 3.05) is 6.61 Å². The second-order valence-corrected chi connectivity index (χ2v) is 9.28. The Kier molecular flexibility index (Phi) is 31.3. The molecule has 1 atom stereocenters. The molecule has 0 saturated heterocycles. The lowest BCUT2D eigenvalue weighted by Crippen LogP contribution is -2.19. The highest BCUT2D eigenvalue weighted by Crippen LogP contribution is 2.21. The van der Waals surface area contributed by atoms with Gasteiger partial charge in [0.2, 0.25) is 0 Å². The summed E-state index contributed by atoms with van der Waals surface area (Å²) in [5.74, 6) is 1.43. The van der Waals surface area contributed by atoms with Crippen molar-refractivity contribution in [2.45, 2.75) is 107 Å². The lowest BCUT2D eigenvalue weighted by atomic mass is 9.95. The normalized spacial score (nSPS) is 11.7. The largest absolute Gasteiger partial charge is 0.494 e. The van der Waals surface area contributed by atoms with Crippen molar-refractivity contribution in [1.82, 2.24) is 0 Å². The van der Waals surface area contributed by atoms with Crippen LogP contribution in [0.3, 0.4) is 0 Å². The molecule has 0 aliphatic rings. The molecule has 0 fully saturated rings. The fraction of sp³-hybridized carbons (Fsp3) is 0.528. The highest BCUT2D eigenvalue weighted by Gasteiger charge is 2.18. The molecule has 0 aromatic heterocycles. The van der Waals surface area contributed by atoms with Gasteiger partial charge in [0.05, 0.1) is 12.5 Å². The molecule has 0 aliphatic heterocycles. The summed E-state index contributed by atoms with van der Waals surface area (Å²) in [6.45, 7) is 20.5. The molecule has 1 rings (SSSR count). The number of nitrogens with zero attached hydrogens (tertiary/aromatic N) is 1. The van der Waals surface area contributed by atoms with Gasteiger partial charge in [-0.15, -0.1) is 19.4 Å². The number of rotatable bonds is 16. The Labute approximate surface area is 247 Å². The quantitative estimate of drug-likeness (QED) is 0.0390. The highest BCUT2D eigenvalue weighted by molar-refractivity contribution is 6.11. The standard InChI is InChI=1S/C29H43NO2.C3H8.C2H4O.C2H2/c1-7-11-12-13-17-27(18-15-14-16-25(8-2)9-3)30-24(6)23(5)29(31)26-19-21-28(22-20-26)32-10-4;1-3-2;1-2-3;1-2/h7,12-13,17,19-23,25H,1,8-11,14-16,18H2,2-6H3;3H2,1-2H3;2H,1H3;1-2H/b13-12-,27-17+,30-24?;;;. The first-order valence-corrected chi connectivity index (χ1v) is 14.8. The van der Waals surface area contributed by atoms with Crippen LogP contribution in [-0.4, -0.2) is 24.4 Å². The third kappa shape index (κ3) is 21.7. The Balaban J connectivity index is -0.00000153. The van der Waals surface area contributed by atoms with Crippen LogP contribution >= 0.6 is 0 Å². The molecule has 1 aromatic rings. The molecule has 0 spiro atoms. The van der Waals surface area contributed by atoms with E-state index in [1.54, 1.807) is 0 Å². The Hall–Kier alpha value is -3.19. The molecule has 4 nitrogen and oxygen atoms in total. The minimum Gasteiger partial charge on any atom is -0.494 e. The number of carbonyl (C=O) groups excluding carboxylic acids is 2. The predicted molar refractivity (Wildman–Crippen MR) is 176 cm³/mol. The Bertz CT molecular complexity index is 871. The Morgan fingerprint density at radius 2 is 1.60 bits per heavy atom. The van der Waals surface area contributed by atoms with Gasteiger partial charge >= 0.3 is 0 Å². The van der Waals surface area contributed by atoms with E-state index in [1.165, 1.54) is 39.0 Å². The zero-order chi connectivity index (χ0) is 31.2. The topological polar surface area (TPSA) is 55.7 Å². The number of ether oxygens (including phenoxy) is 1. The summed E-state index contributed by atoms with van der Waals surface area (Å²) in [5, 5.41) is 0. The number of carbonyl (C=O) groups is 2. The van der Waals surface area contributed by atoms with E-state index in [0.29, 0.717) is 12.2 Å². The summed E-state index contributed by atoms with van der Waals surface area (Å²) in [7, 11) is 0. The summed E-state index contributed by atoms with van der Waals surface area (Å²) in [5.41, 5.74) is 2.59. The molecule has 0 saturated carbocycles. The monoisotopic (exact) mass is 551 g/mol. The van der Waals surface area contributed by atoms with Crippen LogP contribution in [0, 0.1) is 24.7 Å². The van der Waals surface area contributed by atoms with Crippen molar-refractivity contribution in [3.63, 3.8) is 0 Å². The van der Waals surface area contributed by atoms with E-state index in [0.717, 1.165) is 48.6 Å². The Morgan fingerprint density at radius 1 is 1.05 bits per heavy atom. The van der Waals surface area contributed by atoms with Crippen molar-refractivity contribution in [3.05, 3.63) is 66.4 Å². The van der Waals surface area contributed by atoms with E-state index in [-0.39, 0.29) is 11.7 Å². The molecule has 0 N–H and O–H groups in total. The van der Waals surface area contributed by atoms with Crippen molar-refractivity contribution in [3.8, 4) is 18.6 Å². The second-order valence-electron chi connectivity index (χ2n) is 9.28. The van der Waals surface area contributed by atoms with Crippen LogP contribution in [-0.2, 0) is 4.79 Å². The van der Waals surface area contributed by atoms with Crippen LogP contribution in [0.15, 0.2) is 65.8 Å². The van der Waals surface area contributed by atoms with Crippen LogP contribution in [0.1, 0.15) is 117 Å². The van der Waals surface area contributed by atoms with Crippen LogP contribution in [0.5, 0.6) is 5.75 Å². The summed E-state index contributed by atoms with van der Waals surface area (Å²) in [4.78, 5) is 26.7.